The summed E-state index contributed by atoms with van der Waals surface area (Å²) in [6.07, 6.45) is 2.68. The molecule has 5 nitrogen and oxygen atoms in total. The maximum absolute atomic E-state index is 11.5. The Balaban J connectivity index is 2.87. The highest BCUT2D eigenvalue weighted by molar-refractivity contribution is 7.94. The first-order valence-electron chi connectivity index (χ1n) is 3.75. The van der Waals surface area contributed by atoms with Crippen LogP contribution in [0.15, 0.2) is 16.9 Å². The van der Waals surface area contributed by atoms with E-state index in [1.54, 1.807) is 20.8 Å². The fourth-order valence-corrected chi connectivity index (χ4v) is 1.18. The van der Waals surface area contributed by atoms with Crippen molar-refractivity contribution < 1.29 is 12.8 Å². The first-order valence-corrected chi connectivity index (χ1v) is 5.23. The summed E-state index contributed by atoms with van der Waals surface area (Å²) < 4.78 is 29.1. The van der Waals surface area contributed by atoms with E-state index in [0.29, 0.717) is 0 Å². The zero-order chi connectivity index (χ0) is 10.1. The Morgan fingerprint density at radius 1 is 1.46 bits per heavy atom. The lowest BCUT2D eigenvalue weighted by molar-refractivity contribution is 0.552. The molecule has 74 valence electrons. The Morgan fingerprint density at radius 2 is 2.08 bits per heavy atom. The number of anilines is 1. The lowest BCUT2D eigenvalue weighted by atomic mass is 10.3. The van der Waals surface area contributed by atoms with Crippen LogP contribution < -0.4 is 4.72 Å². The molecule has 0 bridgehead atoms. The van der Waals surface area contributed by atoms with Gasteiger partial charge in [-0.25, -0.2) is 18.1 Å². The van der Waals surface area contributed by atoms with Gasteiger partial charge in [0, 0.05) is 0 Å². The number of hydrogen-bond donors (Lipinski definition) is 1. The zero-order valence-corrected chi connectivity index (χ0v) is 8.55. The monoisotopic (exact) mass is 204 g/mol. The second kappa shape index (κ2) is 3.02. The molecule has 0 atom stereocenters. The van der Waals surface area contributed by atoms with Gasteiger partial charge in [0.1, 0.15) is 6.26 Å². The molecule has 0 spiro atoms. The van der Waals surface area contributed by atoms with Crippen LogP contribution in [0, 0.1) is 0 Å². The summed E-state index contributed by atoms with van der Waals surface area (Å²) in [4.78, 5) is 3.66. The van der Waals surface area contributed by atoms with Crippen LogP contribution in [0.3, 0.4) is 0 Å². The Labute approximate surface area is 77.2 Å². The molecule has 0 radical (unpaired) electrons. The van der Waals surface area contributed by atoms with Gasteiger partial charge in [-0.05, 0) is 20.8 Å². The van der Waals surface area contributed by atoms with Crippen molar-refractivity contribution >= 4 is 16.0 Å². The Kier molecular flexibility index (Phi) is 2.34. The zero-order valence-electron chi connectivity index (χ0n) is 7.73. The summed E-state index contributed by atoms with van der Waals surface area (Å²) >= 11 is 0. The van der Waals surface area contributed by atoms with E-state index in [9.17, 15) is 8.42 Å². The van der Waals surface area contributed by atoms with Gasteiger partial charge in [0.05, 0.1) is 10.9 Å². The molecule has 0 aliphatic carbocycles. The van der Waals surface area contributed by atoms with Crippen molar-refractivity contribution in [2.75, 3.05) is 4.72 Å². The van der Waals surface area contributed by atoms with Crippen molar-refractivity contribution in [2.24, 2.45) is 0 Å². The number of nitrogens with zero attached hydrogens (tertiary/aromatic N) is 1. The van der Waals surface area contributed by atoms with E-state index >= 15 is 0 Å². The van der Waals surface area contributed by atoms with Crippen LogP contribution in [0.2, 0.25) is 0 Å². The van der Waals surface area contributed by atoms with E-state index in [0.717, 1.165) is 0 Å². The molecule has 0 amide bonds. The third-order valence-electron chi connectivity index (χ3n) is 1.46. The third-order valence-corrected chi connectivity index (χ3v) is 3.52. The highest BCUT2D eigenvalue weighted by Gasteiger charge is 2.29. The van der Waals surface area contributed by atoms with E-state index in [1.807, 2.05) is 0 Å². The van der Waals surface area contributed by atoms with Gasteiger partial charge in [-0.2, -0.15) is 0 Å². The predicted molar refractivity (Wildman–Crippen MR) is 48.8 cm³/mol. The summed E-state index contributed by atoms with van der Waals surface area (Å²) in [5, 5.41) is 0. The van der Waals surface area contributed by atoms with Crippen LogP contribution in [0.1, 0.15) is 20.8 Å². The summed E-state index contributed by atoms with van der Waals surface area (Å²) in [6, 6.07) is -0.00470. The predicted octanol–water partition coefficient (Wildman–Crippen LogP) is 1.21. The Hall–Kier alpha value is -1.04. The summed E-state index contributed by atoms with van der Waals surface area (Å²) in [5.41, 5.74) is 0. The molecule has 1 aromatic heterocycles. The molecule has 1 rings (SSSR count). The summed E-state index contributed by atoms with van der Waals surface area (Å²) in [6.45, 7) is 4.79. The fraction of sp³-hybridized carbons (Fsp3) is 0.571. The van der Waals surface area contributed by atoms with Crippen LogP contribution in [0.4, 0.5) is 6.01 Å². The molecular weight excluding hydrogens is 192 g/mol. The molecule has 1 aromatic rings. The SMILES string of the molecule is CC(C)(C)S(=O)(=O)Nc1ncco1. The highest BCUT2D eigenvalue weighted by atomic mass is 32.2. The maximum Gasteiger partial charge on any atom is 0.308 e. The van der Waals surface area contributed by atoms with Crippen LogP contribution in [0.5, 0.6) is 0 Å². The number of oxazole rings is 1. The lowest BCUT2D eigenvalue weighted by Crippen LogP contribution is -2.33. The standard InChI is InChI=1S/C7H12N2O3S/c1-7(2,3)13(10,11)9-6-8-4-5-12-6/h4-5H,1-3H3,(H,8,9). The van der Waals surface area contributed by atoms with Crippen molar-refractivity contribution in [1.29, 1.82) is 0 Å². The average Bonchev–Trinajstić information content (AvgIpc) is 2.35. The number of sulfonamides is 1. The second-order valence-corrected chi connectivity index (χ2v) is 5.99. The molecule has 6 heteroatoms. The Bertz CT molecular complexity index is 361. The lowest BCUT2D eigenvalue weighted by Gasteiger charge is -2.18. The summed E-state index contributed by atoms with van der Waals surface area (Å²) in [7, 11) is -3.43. The molecule has 0 unspecified atom stereocenters. The molecule has 1 N–H and O–H groups in total. The van der Waals surface area contributed by atoms with Crippen molar-refractivity contribution in [3.63, 3.8) is 0 Å². The van der Waals surface area contributed by atoms with Gasteiger partial charge in [0.2, 0.25) is 10.0 Å². The van der Waals surface area contributed by atoms with Crippen molar-refractivity contribution in [3.8, 4) is 0 Å². The number of rotatable bonds is 2. The van der Waals surface area contributed by atoms with Gasteiger partial charge in [-0.1, -0.05) is 0 Å². The normalized spacial score (nSPS) is 12.8. The van der Waals surface area contributed by atoms with Gasteiger partial charge < -0.3 is 4.42 Å². The van der Waals surface area contributed by atoms with Gasteiger partial charge in [0.25, 0.3) is 0 Å². The second-order valence-electron chi connectivity index (χ2n) is 3.56. The largest absolute Gasteiger partial charge is 0.432 e. The number of hydrogen-bond acceptors (Lipinski definition) is 4. The minimum atomic E-state index is -3.43. The highest BCUT2D eigenvalue weighted by Crippen LogP contribution is 2.17. The van der Waals surface area contributed by atoms with E-state index < -0.39 is 14.8 Å². The van der Waals surface area contributed by atoms with Crippen LogP contribution >= 0.6 is 0 Å². The van der Waals surface area contributed by atoms with Gasteiger partial charge in [0.15, 0.2) is 0 Å². The molecule has 0 saturated carbocycles. The van der Waals surface area contributed by atoms with Crippen LogP contribution in [0.25, 0.3) is 0 Å². The summed E-state index contributed by atoms with van der Waals surface area (Å²) in [5.74, 6) is 0. The van der Waals surface area contributed by atoms with Crippen LogP contribution in [-0.2, 0) is 10.0 Å². The average molecular weight is 204 g/mol. The molecular formula is C7H12N2O3S. The van der Waals surface area contributed by atoms with Crippen LogP contribution in [-0.4, -0.2) is 18.1 Å². The third kappa shape index (κ3) is 2.21. The number of aromatic nitrogens is 1. The Morgan fingerprint density at radius 3 is 2.46 bits per heavy atom. The van der Waals surface area contributed by atoms with E-state index in [2.05, 4.69) is 9.71 Å². The minimum Gasteiger partial charge on any atom is -0.432 e. The van der Waals surface area contributed by atoms with Crippen molar-refractivity contribution in [2.45, 2.75) is 25.5 Å². The first kappa shape index (κ1) is 10.0. The molecule has 13 heavy (non-hydrogen) atoms. The molecule has 0 aliphatic rings. The van der Waals surface area contributed by atoms with E-state index in [4.69, 9.17) is 4.42 Å². The van der Waals surface area contributed by atoms with Crippen molar-refractivity contribution in [1.82, 2.24) is 4.98 Å². The smallest absolute Gasteiger partial charge is 0.308 e. The minimum absolute atomic E-state index is 0.00470. The van der Waals surface area contributed by atoms with Gasteiger partial charge in [-0.3, -0.25) is 0 Å². The first-order chi connectivity index (χ1) is 5.83. The molecule has 0 aromatic carbocycles. The topological polar surface area (TPSA) is 72.2 Å². The molecule has 0 saturated heterocycles. The number of nitrogens with one attached hydrogen (secondary N) is 1. The van der Waals surface area contributed by atoms with E-state index in [-0.39, 0.29) is 6.01 Å². The van der Waals surface area contributed by atoms with Crippen molar-refractivity contribution in [3.05, 3.63) is 12.5 Å². The fourth-order valence-electron chi connectivity index (χ4n) is 0.542. The molecule has 0 fully saturated rings. The van der Waals surface area contributed by atoms with Gasteiger partial charge in [-0.15, -0.1) is 0 Å². The molecule has 1 heterocycles. The van der Waals surface area contributed by atoms with Gasteiger partial charge >= 0.3 is 6.01 Å². The quantitative estimate of drug-likeness (QED) is 0.786. The molecule has 0 aliphatic heterocycles. The maximum atomic E-state index is 11.5. The van der Waals surface area contributed by atoms with E-state index in [1.165, 1.54) is 12.5 Å².